The van der Waals surface area contributed by atoms with Crippen LogP contribution in [-0.2, 0) is 14.4 Å². The van der Waals surface area contributed by atoms with E-state index in [9.17, 15) is 18.8 Å². The third kappa shape index (κ3) is 6.03. The number of methoxy groups -OCH3 is 1. The fraction of sp³-hybridized carbons (Fsp3) is 0.273. The molecular formula is C22H23FN4O5. The Balaban J connectivity index is 1.53. The van der Waals surface area contributed by atoms with Crippen molar-refractivity contribution in [3.05, 3.63) is 53.8 Å². The van der Waals surface area contributed by atoms with Crippen molar-refractivity contribution in [1.29, 1.82) is 0 Å². The van der Waals surface area contributed by atoms with Crippen LogP contribution in [0.4, 0.5) is 10.1 Å². The highest BCUT2D eigenvalue weighted by molar-refractivity contribution is 6.39. The first-order valence-electron chi connectivity index (χ1n) is 9.95. The van der Waals surface area contributed by atoms with E-state index in [1.165, 1.54) is 31.5 Å². The molecule has 3 amide bonds. The Morgan fingerprint density at radius 2 is 1.84 bits per heavy atom. The SMILES string of the molecule is COc1cc(C=NNC(=O)C(=O)Nc2ccccc2F)ccc1OCC(=O)N1CCCC1. The van der Waals surface area contributed by atoms with Crippen molar-refractivity contribution in [2.45, 2.75) is 12.8 Å². The van der Waals surface area contributed by atoms with E-state index in [1.54, 1.807) is 23.1 Å². The minimum absolute atomic E-state index is 0.0773. The summed E-state index contributed by atoms with van der Waals surface area (Å²) in [6, 6.07) is 10.3. The molecule has 0 radical (unpaired) electrons. The van der Waals surface area contributed by atoms with Gasteiger partial charge in [-0.3, -0.25) is 14.4 Å². The minimum atomic E-state index is -1.06. The molecule has 1 saturated heterocycles. The Bertz CT molecular complexity index is 1020. The lowest BCUT2D eigenvalue weighted by molar-refractivity contribution is -0.136. The molecule has 0 spiro atoms. The van der Waals surface area contributed by atoms with Gasteiger partial charge in [0, 0.05) is 13.1 Å². The Morgan fingerprint density at radius 3 is 2.56 bits per heavy atom. The molecule has 9 nitrogen and oxygen atoms in total. The average molecular weight is 442 g/mol. The zero-order valence-electron chi connectivity index (χ0n) is 17.5. The third-order valence-electron chi connectivity index (χ3n) is 4.71. The van der Waals surface area contributed by atoms with E-state index in [0.717, 1.165) is 32.0 Å². The number of para-hydroxylation sites is 1. The number of benzene rings is 2. The summed E-state index contributed by atoms with van der Waals surface area (Å²) in [4.78, 5) is 37.6. The minimum Gasteiger partial charge on any atom is -0.493 e. The number of ether oxygens (including phenoxy) is 2. The fourth-order valence-electron chi connectivity index (χ4n) is 3.04. The van der Waals surface area contributed by atoms with Crippen molar-refractivity contribution in [3.63, 3.8) is 0 Å². The van der Waals surface area contributed by atoms with Crippen molar-refractivity contribution in [2.24, 2.45) is 5.10 Å². The van der Waals surface area contributed by atoms with Gasteiger partial charge in [-0.1, -0.05) is 12.1 Å². The van der Waals surface area contributed by atoms with Gasteiger partial charge in [-0.15, -0.1) is 0 Å². The molecule has 168 valence electrons. The van der Waals surface area contributed by atoms with E-state index in [2.05, 4.69) is 15.8 Å². The van der Waals surface area contributed by atoms with Gasteiger partial charge in [-0.2, -0.15) is 5.10 Å². The maximum absolute atomic E-state index is 13.5. The van der Waals surface area contributed by atoms with Crippen LogP contribution in [0.5, 0.6) is 11.5 Å². The summed E-state index contributed by atoms with van der Waals surface area (Å²) in [5.41, 5.74) is 2.51. The molecule has 1 fully saturated rings. The molecule has 0 bridgehead atoms. The number of hydrogen-bond donors (Lipinski definition) is 2. The topological polar surface area (TPSA) is 109 Å². The maximum Gasteiger partial charge on any atom is 0.329 e. The third-order valence-corrected chi connectivity index (χ3v) is 4.71. The highest BCUT2D eigenvalue weighted by atomic mass is 19.1. The van der Waals surface area contributed by atoms with Gasteiger partial charge in [0.1, 0.15) is 5.82 Å². The van der Waals surface area contributed by atoms with Crippen LogP contribution in [0.2, 0.25) is 0 Å². The molecule has 3 rings (SSSR count). The van der Waals surface area contributed by atoms with Gasteiger partial charge in [0.05, 0.1) is 19.0 Å². The Kier molecular flexibility index (Phi) is 7.74. The molecule has 2 aromatic rings. The first-order chi connectivity index (χ1) is 15.5. The quantitative estimate of drug-likeness (QED) is 0.387. The number of nitrogens with one attached hydrogen (secondary N) is 2. The van der Waals surface area contributed by atoms with E-state index >= 15 is 0 Å². The van der Waals surface area contributed by atoms with Crippen LogP contribution in [0, 0.1) is 5.82 Å². The van der Waals surface area contributed by atoms with Crippen LogP contribution in [0.3, 0.4) is 0 Å². The Morgan fingerprint density at radius 1 is 1.09 bits per heavy atom. The van der Waals surface area contributed by atoms with Crippen molar-refractivity contribution in [2.75, 3.05) is 32.1 Å². The summed E-state index contributed by atoms with van der Waals surface area (Å²) in [6.45, 7) is 1.41. The summed E-state index contributed by atoms with van der Waals surface area (Å²) in [6.07, 6.45) is 3.31. The molecule has 0 aromatic heterocycles. The molecule has 2 N–H and O–H groups in total. The summed E-state index contributed by atoms with van der Waals surface area (Å²) in [5.74, 6) is -2.08. The average Bonchev–Trinajstić information content (AvgIpc) is 3.34. The van der Waals surface area contributed by atoms with Crippen molar-refractivity contribution >= 4 is 29.6 Å². The molecule has 2 aromatic carbocycles. The highest BCUT2D eigenvalue weighted by Crippen LogP contribution is 2.27. The first kappa shape index (κ1) is 22.7. The second kappa shape index (κ2) is 10.9. The van der Waals surface area contributed by atoms with Crippen molar-refractivity contribution in [1.82, 2.24) is 10.3 Å². The molecular weight excluding hydrogens is 419 g/mol. The summed E-state index contributed by atoms with van der Waals surface area (Å²) in [5, 5.41) is 5.88. The van der Waals surface area contributed by atoms with Gasteiger partial charge in [0.25, 0.3) is 5.91 Å². The lowest BCUT2D eigenvalue weighted by Gasteiger charge is -2.16. The van der Waals surface area contributed by atoms with Crippen molar-refractivity contribution in [3.8, 4) is 11.5 Å². The predicted molar refractivity (Wildman–Crippen MR) is 115 cm³/mol. The standard InChI is InChI=1S/C22H23FN4O5/c1-31-19-12-15(8-9-18(19)32-14-20(28)27-10-4-5-11-27)13-24-26-22(30)21(29)25-17-7-3-2-6-16(17)23/h2-3,6-9,12-13H,4-5,10-11,14H2,1H3,(H,25,29)(H,26,30). The molecule has 0 saturated carbocycles. The highest BCUT2D eigenvalue weighted by Gasteiger charge is 2.19. The first-order valence-corrected chi connectivity index (χ1v) is 9.95. The predicted octanol–water partition coefficient (Wildman–Crippen LogP) is 1.92. The van der Waals surface area contributed by atoms with Crippen LogP contribution in [0.15, 0.2) is 47.6 Å². The van der Waals surface area contributed by atoms with Crippen LogP contribution < -0.4 is 20.2 Å². The smallest absolute Gasteiger partial charge is 0.329 e. The second-order valence-corrected chi connectivity index (χ2v) is 6.92. The van der Waals surface area contributed by atoms with Gasteiger partial charge < -0.3 is 19.7 Å². The molecule has 1 aliphatic heterocycles. The number of carbonyl (C=O) groups is 3. The number of halogens is 1. The lowest BCUT2D eigenvalue weighted by atomic mass is 10.2. The van der Waals surface area contributed by atoms with Crippen LogP contribution in [0.1, 0.15) is 18.4 Å². The molecule has 0 atom stereocenters. The Labute approximate surface area is 184 Å². The molecule has 0 unspecified atom stereocenters. The van der Waals surface area contributed by atoms with E-state index < -0.39 is 17.6 Å². The largest absolute Gasteiger partial charge is 0.493 e. The van der Waals surface area contributed by atoms with Gasteiger partial charge in [-0.25, -0.2) is 9.82 Å². The number of hydrogen-bond acceptors (Lipinski definition) is 6. The van der Waals surface area contributed by atoms with E-state index in [1.807, 2.05) is 0 Å². The van der Waals surface area contributed by atoms with Crippen LogP contribution in [0.25, 0.3) is 0 Å². The second-order valence-electron chi connectivity index (χ2n) is 6.92. The van der Waals surface area contributed by atoms with Gasteiger partial charge in [-0.05, 0) is 48.7 Å². The number of amides is 3. The van der Waals surface area contributed by atoms with Crippen molar-refractivity contribution < 1.29 is 28.2 Å². The van der Waals surface area contributed by atoms with E-state index in [-0.39, 0.29) is 18.2 Å². The number of anilines is 1. The normalized spacial score (nSPS) is 13.1. The Hall–Kier alpha value is -3.95. The number of rotatable bonds is 7. The summed E-state index contributed by atoms with van der Waals surface area (Å²) in [7, 11) is 1.46. The number of nitrogens with zero attached hydrogens (tertiary/aromatic N) is 2. The lowest BCUT2D eigenvalue weighted by Crippen LogP contribution is -2.32. The van der Waals surface area contributed by atoms with Crippen LogP contribution in [-0.4, -0.2) is 55.6 Å². The molecule has 10 heteroatoms. The zero-order valence-corrected chi connectivity index (χ0v) is 17.5. The van der Waals surface area contributed by atoms with E-state index in [0.29, 0.717) is 17.1 Å². The monoisotopic (exact) mass is 442 g/mol. The summed E-state index contributed by atoms with van der Waals surface area (Å²) < 4.78 is 24.4. The number of likely N-dealkylation sites (tertiary alicyclic amines) is 1. The molecule has 1 heterocycles. The molecule has 0 aliphatic carbocycles. The number of carbonyl (C=O) groups excluding carboxylic acids is 3. The maximum atomic E-state index is 13.5. The molecule has 32 heavy (non-hydrogen) atoms. The number of hydrazone groups is 1. The zero-order chi connectivity index (χ0) is 22.9. The fourth-order valence-corrected chi connectivity index (χ4v) is 3.04. The van der Waals surface area contributed by atoms with Crippen LogP contribution >= 0.6 is 0 Å². The van der Waals surface area contributed by atoms with Gasteiger partial charge in [0.15, 0.2) is 18.1 Å². The summed E-state index contributed by atoms with van der Waals surface area (Å²) >= 11 is 0. The van der Waals surface area contributed by atoms with Gasteiger partial charge in [0.2, 0.25) is 0 Å². The van der Waals surface area contributed by atoms with E-state index in [4.69, 9.17) is 9.47 Å². The molecule has 1 aliphatic rings. The van der Waals surface area contributed by atoms with Gasteiger partial charge >= 0.3 is 11.8 Å².